The second-order valence-corrected chi connectivity index (χ2v) is 10.2. The Bertz CT molecular complexity index is 760. The molecule has 1 aromatic rings. The molecule has 0 radical (unpaired) electrons. The smallest absolute Gasteiger partial charge is 0.255 e. The minimum atomic E-state index is -0.0674. The number of unbranched alkanes of at least 4 members (excludes halogenated alkanes) is 10. The van der Waals surface area contributed by atoms with Gasteiger partial charge in [-0.05, 0) is 49.5 Å². The Morgan fingerprint density at radius 1 is 0.912 bits per heavy atom. The van der Waals surface area contributed by atoms with Gasteiger partial charge in [-0.3, -0.25) is 9.59 Å². The van der Waals surface area contributed by atoms with E-state index in [4.69, 9.17) is 12.2 Å². The molecule has 1 aromatic carbocycles. The molecule has 2 amide bonds. The number of hydrogen-bond acceptors (Lipinski definition) is 3. The van der Waals surface area contributed by atoms with Crippen molar-refractivity contribution >= 4 is 34.8 Å². The number of nitrogens with zero attached hydrogens (tertiary/aromatic N) is 1. The van der Waals surface area contributed by atoms with Gasteiger partial charge < -0.3 is 15.5 Å². The zero-order valence-corrected chi connectivity index (χ0v) is 22.2. The highest BCUT2D eigenvalue weighted by molar-refractivity contribution is 7.80. The highest BCUT2D eigenvalue weighted by atomic mass is 32.1. The largest absolute Gasteiger partial charge is 0.339 e. The van der Waals surface area contributed by atoms with E-state index in [0.717, 1.165) is 38.8 Å². The van der Waals surface area contributed by atoms with Gasteiger partial charge in [-0.15, -0.1) is 0 Å². The standard InChI is InChI=1S/C28H45N3O2S/c1-3-4-5-6-7-8-9-10-11-12-13-18-26(32)30-28(34)29-25-17-15-14-16-24(25)27(33)31-21-19-23(2)20-22-31/h14-17,23H,3-13,18-22H2,1-2H3,(H2,29,30,32,34). The average molecular weight is 488 g/mol. The van der Waals surface area contributed by atoms with Crippen LogP contribution < -0.4 is 10.6 Å². The number of benzene rings is 1. The number of para-hydroxylation sites is 1. The van der Waals surface area contributed by atoms with Gasteiger partial charge in [0.1, 0.15) is 0 Å². The number of hydrogen-bond donors (Lipinski definition) is 2. The van der Waals surface area contributed by atoms with E-state index in [0.29, 0.717) is 23.6 Å². The van der Waals surface area contributed by atoms with E-state index in [1.807, 2.05) is 29.2 Å². The van der Waals surface area contributed by atoms with Gasteiger partial charge in [0.2, 0.25) is 5.91 Å². The molecule has 34 heavy (non-hydrogen) atoms. The van der Waals surface area contributed by atoms with Crippen LogP contribution >= 0.6 is 12.2 Å². The first kappa shape index (κ1) is 28.3. The van der Waals surface area contributed by atoms with Crippen LogP contribution in [0.4, 0.5) is 5.69 Å². The summed E-state index contributed by atoms with van der Waals surface area (Å²) in [6.45, 7) is 6.06. The second kappa shape index (κ2) is 16.6. The Labute approximate surface area is 212 Å². The van der Waals surface area contributed by atoms with Crippen molar-refractivity contribution in [1.29, 1.82) is 0 Å². The Hall–Kier alpha value is -1.95. The molecule has 6 heteroatoms. The van der Waals surface area contributed by atoms with Crippen LogP contribution in [0.15, 0.2) is 24.3 Å². The van der Waals surface area contributed by atoms with Crippen molar-refractivity contribution in [2.24, 2.45) is 5.92 Å². The van der Waals surface area contributed by atoms with Crippen LogP contribution in [-0.2, 0) is 4.79 Å². The predicted octanol–water partition coefficient (Wildman–Crippen LogP) is 7.07. The number of likely N-dealkylation sites (tertiary alicyclic amines) is 1. The maximum absolute atomic E-state index is 13.0. The average Bonchev–Trinajstić information content (AvgIpc) is 2.83. The maximum atomic E-state index is 13.0. The van der Waals surface area contributed by atoms with Gasteiger partial charge in [0.25, 0.3) is 5.91 Å². The molecule has 0 aromatic heterocycles. The van der Waals surface area contributed by atoms with Gasteiger partial charge in [0.15, 0.2) is 5.11 Å². The van der Waals surface area contributed by atoms with Crippen LogP contribution in [0, 0.1) is 5.92 Å². The number of nitrogens with one attached hydrogen (secondary N) is 2. The van der Waals surface area contributed by atoms with Gasteiger partial charge in [-0.25, -0.2) is 0 Å². The van der Waals surface area contributed by atoms with E-state index < -0.39 is 0 Å². The minimum Gasteiger partial charge on any atom is -0.339 e. The zero-order chi connectivity index (χ0) is 24.6. The third-order valence-corrected chi connectivity index (χ3v) is 6.94. The van der Waals surface area contributed by atoms with Crippen LogP contribution in [0.3, 0.4) is 0 Å². The number of thiocarbonyl (C=S) groups is 1. The fraction of sp³-hybridized carbons (Fsp3) is 0.679. The van der Waals surface area contributed by atoms with Gasteiger partial charge in [0.05, 0.1) is 11.3 Å². The van der Waals surface area contributed by atoms with Crippen LogP contribution in [-0.4, -0.2) is 34.9 Å². The molecular formula is C28H45N3O2S. The van der Waals surface area contributed by atoms with Gasteiger partial charge >= 0.3 is 0 Å². The van der Waals surface area contributed by atoms with E-state index in [9.17, 15) is 9.59 Å². The summed E-state index contributed by atoms with van der Waals surface area (Å²) in [5, 5.41) is 6.09. The van der Waals surface area contributed by atoms with Crippen LogP contribution in [0.5, 0.6) is 0 Å². The van der Waals surface area contributed by atoms with Crippen LogP contribution in [0.25, 0.3) is 0 Å². The summed E-state index contributed by atoms with van der Waals surface area (Å²) in [4.78, 5) is 27.2. The predicted molar refractivity (Wildman–Crippen MR) is 146 cm³/mol. The zero-order valence-electron chi connectivity index (χ0n) is 21.4. The molecule has 0 saturated carbocycles. The number of carbonyl (C=O) groups is 2. The molecule has 0 unspecified atom stereocenters. The topological polar surface area (TPSA) is 61.4 Å². The summed E-state index contributed by atoms with van der Waals surface area (Å²) in [7, 11) is 0. The lowest BCUT2D eigenvalue weighted by molar-refractivity contribution is -0.119. The molecule has 190 valence electrons. The highest BCUT2D eigenvalue weighted by Crippen LogP contribution is 2.22. The monoisotopic (exact) mass is 487 g/mol. The summed E-state index contributed by atoms with van der Waals surface area (Å²) >= 11 is 5.35. The van der Waals surface area contributed by atoms with Crippen LogP contribution in [0.2, 0.25) is 0 Å². The van der Waals surface area contributed by atoms with Crippen LogP contribution in [0.1, 0.15) is 114 Å². The molecule has 0 bridgehead atoms. The van der Waals surface area contributed by atoms with Crippen molar-refractivity contribution in [3.63, 3.8) is 0 Å². The van der Waals surface area contributed by atoms with Crippen molar-refractivity contribution in [1.82, 2.24) is 10.2 Å². The molecule has 1 saturated heterocycles. The van der Waals surface area contributed by atoms with Gasteiger partial charge in [-0.2, -0.15) is 0 Å². The normalized spacial score (nSPS) is 14.1. The summed E-state index contributed by atoms with van der Waals surface area (Å²) in [5.74, 6) is 0.618. The van der Waals surface area contributed by atoms with Crippen molar-refractivity contribution in [3.05, 3.63) is 29.8 Å². The molecule has 0 aliphatic carbocycles. The summed E-state index contributed by atoms with van der Waals surface area (Å²) in [5.41, 5.74) is 1.24. The number of piperidine rings is 1. The van der Waals surface area contributed by atoms with Crippen molar-refractivity contribution in [3.8, 4) is 0 Å². The molecule has 1 heterocycles. The minimum absolute atomic E-state index is 0.0186. The summed E-state index contributed by atoms with van der Waals surface area (Å²) < 4.78 is 0. The van der Waals surface area contributed by atoms with Crippen molar-refractivity contribution in [2.75, 3.05) is 18.4 Å². The van der Waals surface area contributed by atoms with E-state index in [-0.39, 0.29) is 16.9 Å². The molecule has 0 spiro atoms. The van der Waals surface area contributed by atoms with E-state index in [1.165, 1.54) is 57.8 Å². The molecular weight excluding hydrogens is 442 g/mol. The Balaban J connectivity index is 1.63. The van der Waals surface area contributed by atoms with E-state index in [1.54, 1.807) is 0 Å². The number of anilines is 1. The molecule has 1 fully saturated rings. The van der Waals surface area contributed by atoms with Gasteiger partial charge in [0, 0.05) is 19.5 Å². The lowest BCUT2D eigenvalue weighted by atomic mass is 9.98. The summed E-state index contributed by atoms with van der Waals surface area (Å²) in [6, 6.07) is 7.38. The molecule has 1 aliphatic heterocycles. The van der Waals surface area contributed by atoms with E-state index in [2.05, 4.69) is 24.5 Å². The summed E-state index contributed by atoms with van der Waals surface area (Å²) in [6.07, 6.45) is 16.4. The Morgan fingerprint density at radius 3 is 2.09 bits per heavy atom. The van der Waals surface area contributed by atoms with Crippen molar-refractivity contribution < 1.29 is 9.59 Å². The molecule has 1 aliphatic rings. The third-order valence-electron chi connectivity index (χ3n) is 6.74. The lowest BCUT2D eigenvalue weighted by Crippen LogP contribution is -2.39. The first-order valence-corrected chi connectivity index (χ1v) is 13.9. The number of rotatable bonds is 14. The number of amides is 2. The Kier molecular flexibility index (Phi) is 13.8. The van der Waals surface area contributed by atoms with E-state index >= 15 is 0 Å². The SMILES string of the molecule is CCCCCCCCCCCCCC(=O)NC(=S)Nc1ccccc1C(=O)N1CCC(C)CC1. The lowest BCUT2D eigenvalue weighted by Gasteiger charge is -2.30. The van der Waals surface area contributed by atoms with Gasteiger partial charge in [-0.1, -0.05) is 90.2 Å². The number of carbonyl (C=O) groups excluding carboxylic acids is 2. The fourth-order valence-corrected chi connectivity index (χ4v) is 4.68. The first-order valence-electron chi connectivity index (χ1n) is 13.5. The maximum Gasteiger partial charge on any atom is 0.255 e. The third kappa shape index (κ3) is 11.0. The molecule has 5 nitrogen and oxygen atoms in total. The molecule has 2 N–H and O–H groups in total. The second-order valence-electron chi connectivity index (χ2n) is 9.81. The quantitative estimate of drug-likeness (QED) is 0.217. The first-order chi connectivity index (χ1) is 16.5. The Morgan fingerprint density at radius 2 is 1.47 bits per heavy atom. The molecule has 0 atom stereocenters. The fourth-order valence-electron chi connectivity index (χ4n) is 4.45. The van der Waals surface area contributed by atoms with Crippen molar-refractivity contribution in [2.45, 2.75) is 104 Å². The highest BCUT2D eigenvalue weighted by Gasteiger charge is 2.23. The molecule has 2 rings (SSSR count).